The largest absolute Gasteiger partial charge is 0.430 e. The van der Waals surface area contributed by atoms with Gasteiger partial charge >= 0.3 is 12.4 Å². The third-order valence-corrected chi connectivity index (χ3v) is 5.11. The van der Waals surface area contributed by atoms with Crippen LogP contribution in [0.3, 0.4) is 0 Å². The Hall–Kier alpha value is -2.19. The quantitative estimate of drug-likeness (QED) is 0.519. The summed E-state index contributed by atoms with van der Waals surface area (Å²) < 4.78 is 79.4. The van der Waals surface area contributed by atoms with E-state index >= 15 is 0 Å². The van der Waals surface area contributed by atoms with E-state index in [0.29, 0.717) is 11.0 Å². The Kier molecular flexibility index (Phi) is 4.90. The van der Waals surface area contributed by atoms with E-state index in [-0.39, 0.29) is 4.90 Å². The van der Waals surface area contributed by atoms with E-state index in [9.17, 15) is 31.4 Å². The van der Waals surface area contributed by atoms with Crippen molar-refractivity contribution in [2.24, 2.45) is 0 Å². The average Bonchev–Trinajstić information content (AvgIpc) is 2.59. The number of fused-ring (bicyclic) bond motifs is 1. The van der Waals surface area contributed by atoms with E-state index in [4.69, 9.17) is 0 Å². The van der Waals surface area contributed by atoms with E-state index < -0.39 is 23.5 Å². The summed E-state index contributed by atoms with van der Waals surface area (Å²) in [7, 11) is 0. The standard InChI is InChI=1S/C19H12F6OS/c20-18(21,22)17(26,19(23,24)25)15-7-3-4-8-16(15)27-14-10-9-12-5-1-2-6-13(12)11-14/h1-11,26H. The first-order valence-corrected chi connectivity index (χ1v) is 8.47. The summed E-state index contributed by atoms with van der Waals surface area (Å²) in [4.78, 5) is 0.123. The lowest BCUT2D eigenvalue weighted by Gasteiger charge is -2.33. The summed E-state index contributed by atoms with van der Waals surface area (Å²) in [6.45, 7) is 0. The fourth-order valence-electron chi connectivity index (χ4n) is 2.68. The predicted molar refractivity (Wildman–Crippen MR) is 90.5 cm³/mol. The maximum atomic E-state index is 13.2. The summed E-state index contributed by atoms with van der Waals surface area (Å²) in [5.41, 5.74) is -6.20. The highest BCUT2D eigenvalue weighted by Crippen LogP contribution is 2.52. The van der Waals surface area contributed by atoms with Crippen LogP contribution in [0, 0.1) is 0 Å². The smallest absolute Gasteiger partial charge is 0.369 e. The molecule has 0 fully saturated rings. The Morgan fingerprint density at radius 3 is 1.85 bits per heavy atom. The highest BCUT2D eigenvalue weighted by molar-refractivity contribution is 7.99. The topological polar surface area (TPSA) is 20.2 Å². The van der Waals surface area contributed by atoms with E-state index in [1.165, 1.54) is 6.07 Å². The second kappa shape index (κ2) is 6.76. The molecule has 0 radical (unpaired) electrons. The van der Waals surface area contributed by atoms with Crippen LogP contribution in [-0.2, 0) is 5.60 Å². The first-order valence-electron chi connectivity index (χ1n) is 7.66. The number of hydrogen-bond donors (Lipinski definition) is 1. The molecule has 27 heavy (non-hydrogen) atoms. The predicted octanol–water partition coefficient (Wildman–Crippen LogP) is 6.30. The third-order valence-electron chi connectivity index (χ3n) is 4.05. The molecule has 1 N–H and O–H groups in total. The highest BCUT2D eigenvalue weighted by Gasteiger charge is 2.72. The number of rotatable bonds is 3. The lowest BCUT2D eigenvalue weighted by molar-refractivity contribution is -0.377. The molecule has 0 atom stereocenters. The van der Waals surface area contributed by atoms with E-state index in [2.05, 4.69) is 0 Å². The summed E-state index contributed by atoms with van der Waals surface area (Å²) in [5, 5.41) is 11.4. The molecule has 0 amide bonds. The molecule has 8 heteroatoms. The van der Waals surface area contributed by atoms with Crippen LogP contribution in [0.4, 0.5) is 26.3 Å². The minimum absolute atomic E-state index is 0.329. The van der Waals surface area contributed by atoms with Gasteiger partial charge in [0, 0.05) is 15.4 Å². The van der Waals surface area contributed by atoms with E-state index in [0.717, 1.165) is 34.7 Å². The second-order valence-corrected chi connectivity index (χ2v) is 6.93. The fraction of sp³-hybridized carbons (Fsp3) is 0.158. The fourth-order valence-corrected chi connectivity index (χ4v) is 3.73. The Morgan fingerprint density at radius 2 is 1.22 bits per heavy atom. The van der Waals surface area contributed by atoms with Crippen molar-refractivity contribution >= 4 is 22.5 Å². The molecular weight excluding hydrogens is 390 g/mol. The van der Waals surface area contributed by atoms with Gasteiger partial charge < -0.3 is 5.11 Å². The minimum Gasteiger partial charge on any atom is -0.369 e. The van der Waals surface area contributed by atoms with E-state index in [1.807, 2.05) is 12.1 Å². The van der Waals surface area contributed by atoms with Gasteiger partial charge in [0.15, 0.2) is 0 Å². The monoisotopic (exact) mass is 402 g/mol. The third kappa shape index (κ3) is 3.51. The van der Waals surface area contributed by atoms with Crippen LogP contribution in [0.2, 0.25) is 0 Å². The molecule has 0 aliphatic heterocycles. The van der Waals surface area contributed by atoms with Crippen molar-refractivity contribution in [3.8, 4) is 0 Å². The molecule has 0 aromatic heterocycles. The summed E-state index contributed by atoms with van der Waals surface area (Å²) >= 11 is 0.728. The number of alkyl halides is 6. The van der Waals surface area contributed by atoms with Crippen molar-refractivity contribution in [2.45, 2.75) is 27.7 Å². The summed E-state index contributed by atoms with van der Waals surface area (Å²) in [6.07, 6.45) is -11.9. The number of halogens is 6. The van der Waals surface area contributed by atoms with Gasteiger partial charge in [0.25, 0.3) is 5.60 Å². The Morgan fingerprint density at radius 1 is 0.667 bits per heavy atom. The zero-order valence-corrected chi connectivity index (χ0v) is 14.3. The first-order chi connectivity index (χ1) is 12.5. The van der Waals surface area contributed by atoms with Gasteiger partial charge in [-0.25, -0.2) is 0 Å². The van der Waals surface area contributed by atoms with Crippen LogP contribution in [-0.4, -0.2) is 17.5 Å². The SMILES string of the molecule is OC(c1ccccc1Sc1ccc2ccccc2c1)(C(F)(F)F)C(F)(F)F. The average molecular weight is 402 g/mol. The van der Waals surface area contributed by atoms with Gasteiger partial charge in [-0.1, -0.05) is 60.3 Å². The van der Waals surface area contributed by atoms with Gasteiger partial charge in [-0.3, -0.25) is 0 Å². The number of benzene rings is 3. The normalized spacial score (nSPS) is 13.1. The lowest BCUT2D eigenvalue weighted by Crippen LogP contribution is -2.54. The Bertz CT molecular complexity index is 950. The van der Waals surface area contributed by atoms with Gasteiger partial charge in [0.1, 0.15) is 0 Å². The second-order valence-electron chi connectivity index (χ2n) is 5.81. The molecule has 3 aromatic rings. The molecule has 0 bridgehead atoms. The summed E-state index contributed by atoms with van der Waals surface area (Å²) in [6, 6.07) is 16.3. The van der Waals surface area contributed by atoms with Crippen molar-refractivity contribution < 1.29 is 31.4 Å². The van der Waals surface area contributed by atoms with Crippen molar-refractivity contribution in [3.05, 3.63) is 72.3 Å². The molecule has 0 aliphatic rings. The van der Waals surface area contributed by atoms with Crippen LogP contribution in [0.1, 0.15) is 5.56 Å². The molecule has 0 unspecified atom stereocenters. The van der Waals surface area contributed by atoms with Gasteiger partial charge in [0.2, 0.25) is 0 Å². The molecule has 0 aliphatic carbocycles. The maximum Gasteiger partial charge on any atom is 0.430 e. The van der Waals surface area contributed by atoms with Crippen LogP contribution < -0.4 is 0 Å². The van der Waals surface area contributed by atoms with E-state index in [1.54, 1.807) is 30.3 Å². The van der Waals surface area contributed by atoms with Gasteiger partial charge in [0.05, 0.1) is 0 Å². The number of hydrogen-bond acceptors (Lipinski definition) is 2. The molecule has 0 spiro atoms. The van der Waals surface area contributed by atoms with Gasteiger partial charge in [-0.2, -0.15) is 26.3 Å². The lowest BCUT2D eigenvalue weighted by atomic mass is 9.92. The minimum atomic E-state index is -5.93. The molecule has 3 aromatic carbocycles. The Balaban J connectivity index is 2.10. The van der Waals surface area contributed by atoms with Crippen LogP contribution in [0.5, 0.6) is 0 Å². The zero-order chi connectivity index (χ0) is 19.9. The van der Waals surface area contributed by atoms with Crippen molar-refractivity contribution in [2.75, 3.05) is 0 Å². The summed E-state index contributed by atoms with van der Waals surface area (Å²) in [5.74, 6) is 0. The molecule has 0 saturated heterocycles. The Labute approximate surface area is 154 Å². The molecular formula is C19H12F6OS. The van der Waals surface area contributed by atoms with Gasteiger partial charge in [-0.05, 0) is 29.0 Å². The molecule has 0 saturated carbocycles. The van der Waals surface area contributed by atoms with Crippen LogP contribution in [0.15, 0.2) is 76.5 Å². The van der Waals surface area contributed by atoms with Crippen molar-refractivity contribution in [1.82, 2.24) is 0 Å². The first kappa shape index (κ1) is 19.6. The van der Waals surface area contributed by atoms with Crippen LogP contribution >= 0.6 is 11.8 Å². The molecule has 3 rings (SSSR count). The zero-order valence-electron chi connectivity index (χ0n) is 13.5. The molecule has 0 heterocycles. The number of aliphatic hydroxyl groups is 1. The highest BCUT2D eigenvalue weighted by atomic mass is 32.2. The molecule has 1 nitrogen and oxygen atoms in total. The van der Waals surface area contributed by atoms with Crippen molar-refractivity contribution in [3.63, 3.8) is 0 Å². The van der Waals surface area contributed by atoms with Crippen molar-refractivity contribution in [1.29, 1.82) is 0 Å². The maximum absolute atomic E-state index is 13.2. The molecule has 142 valence electrons. The van der Waals surface area contributed by atoms with Crippen LogP contribution in [0.25, 0.3) is 10.8 Å². The van der Waals surface area contributed by atoms with Gasteiger partial charge in [-0.15, -0.1) is 0 Å².